The van der Waals surface area contributed by atoms with E-state index in [4.69, 9.17) is 9.84 Å². The summed E-state index contributed by atoms with van der Waals surface area (Å²) in [6, 6.07) is 0. The Morgan fingerprint density at radius 3 is 2.65 bits per heavy atom. The van der Waals surface area contributed by atoms with Gasteiger partial charge in [0.05, 0.1) is 12.8 Å². The molecule has 5 unspecified atom stereocenters. The van der Waals surface area contributed by atoms with Crippen LogP contribution in [0.3, 0.4) is 0 Å². The van der Waals surface area contributed by atoms with Crippen molar-refractivity contribution in [2.45, 2.75) is 37.6 Å². The molecule has 20 heavy (non-hydrogen) atoms. The van der Waals surface area contributed by atoms with Gasteiger partial charge in [0.2, 0.25) is 5.95 Å². The van der Waals surface area contributed by atoms with E-state index in [1.165, 1.54) is 13.1 Å². The van der Waals surface area contributed by atoms with Gasteiger partial charge in [-0.1, -0.05) is 0 Å². The number of aliphatic hydroxyl groups excluding tert-OH is 4. The Labute approximate surface area is 114 Å². The van der Waals surface area contributed by atoms with Crippen LogP contribution in [0.25, 0.3) is 0 Å². The molecule has 0 radical (unpaired) electrons. The normalized spacial score (nSPS) is 34.0. The molecular weight excluding hydrogens is 270 g/mol. The molecule has 9 nitrogen and oxygen atoms in total. The number of ketones is 1. The molecule has 0 bridgehead atoms. The standard InChI is InChI=1S/C11H17N3O6/c1-4(16)5-2-12-11(13-5)14-10-9(19)8(18)7(17)6(3-15)20-10/h2,6-10,15,17-19H,3H2,1H3,(H2,12,13,14). The van der Waals surface area contributed by atoms with Crippen molar-refractivity contribution in [1.29, 1.82) is 0 Å². The van der Waals surface area contributed by atoms with E-state index in [1.54, 1.807) is 0 Å². The fourth-order valence-electron chi connectivity index (χ4n) is 1.93. The second kappa shape index (κ2) is 5.85. The van der Waals surface area contributed by atoms with Crippen LogP contribution < -0.4 is 5.32 Å². The molecule has 0 aromatic carbocycles. The number of imidazole rings is 1. The topological polar surface area (TPSA) is 148 Å². The number of carbonyl (C=O) groups excluding carboxylic acids is 1. The van der Waals surface area contributed by atoms with E-state index in [-0.39, 0.29) is 17.4 Å². The fourth-order valence-corrected chi connectivity index (χ4v) is 1.93. The molecule has 6 N–H and O–H groups in total. The highest BCUT2D eigenvalue weighted by atomic mass is 16.6. The summed E-state index contributed by atoms with van der Waals surface area (Å²) in [4.78, 5) is 17.7. The lowest BCUT2D eigenvalue weighted by atomic mass is 9.98. The Kier molecular flexibility index (Phi) is 4.35. The number of ether oxygens (including phenoxy) is 1. The number of nitrogens with zero attached hydrogens (tertiary/aromatic N) is 1. The molecule has 1 fully saturated rings. The van der Waals surface area contributed by atoms with Gasteiger partial charge in [0.1, 0.15) is 30.1 Å². The van der Waals surface area contributed by atoms with Crippen LogP contribution in [0.5, 0.6) is 0 Å². The van der Waals surface area contributed by atoms with Crippen molar-refractivity contribution in [3.8, 4) is 0 Å². The number of nitrogens with one attached hydrogen (secondary N) is 2. The molecule has 2 heterocycles. The van der Waals surface area contributed by atoms with Crippen LogP contribution in [0.2, 0.25) is 0 Å². The van der Waals surface area contributed by atoms with E-state index in [0.717, 1.165) is 0 Å². The molecule has 2 rings (SSSR count). The summed E-state index contributed by atoms with van der Waals surface area (Å²) in [6.07, 6.45) is -5.09. The smallest absolute Gasteiger partial charge is 0.202 e. The van der Waals surface area contributed by atoms with Crippen LogP contribution in [-0.2, 0) is 4.74 Å². The average Bonchev–Trinajstić information content (AvgIpc) is 2.88. The number of anilines is 1. The van der Waals surface area contributed by atoms with Crippen LogP contribution in [0.4, 0.5) is 5.95 Å². The van der Waals surface area contributed by atoms with Crippen LogP contribution in [-0.4, -0.2) is 73.4 Å². The van der Waals surface area contributed by atoms with Crippen molar-refractivity contribution in [1.82, 2.24) is 9.97 Å². The lowest BCUT2D eigenvalue weighted by Gasteiger charge is -2.40. The number of H-pyrrole nitrogens is 1. The van der Waals surface area contributed by atoms with Crippen molar-refractivity contribution in [2.75, 3.05) is 11.9 Å². The number of aromatic amines is 1. The highest BCUT2D eigenvalue weighted by Crippen LogP contribution is 2.21. The minimum Gasteiger partial charge on any atom is -0.394 e. The van der Waals surface area contributed by atoms with Gasteiger partial charge in [-0.2, -0.15) is 0 Å². The summed E-state index contributed by atoms with van der Waals surface area (Å²) in [6.45, 7) is 0.852. The fraction of sp³-hybridized carbons (Fsp3) is 0.636. The number of rotatable bonds is 4. The van der Waals surface area contributed by atoms with Crippen LogP contribution in [0.1, 0.15) is 17.4 Å². The Morgan fingerprint density at radius 2 is 2.10 bits per heavy atom. The van der Waals surface area contributed by atoms with Crippen LogP contribution >= 0.6 is 0 Å². The predicted molar refractivity (Wildman–Crippen MR) is 66.0 cm³/mol. The molecule has 1 saturated heterocycles. The van der Waals surface area contributed by atoms with Crippen molar-refractivity contribution in [3.05, 3.63) is 11.9 Å². The number of hydrogen-bond acceptors (Lipinski definition) is 8. The maximum absolute atomic E-state index is 11.1. The number of Topliss-reactive ketones (excluding diaryl/α,β-unsaturated/α-hetero) is 1. The Hall–Kier alpha value is -1.52. The molecule has 1 aliphatic rings. The summed E-state index contributed by atoms with van der Waals surface area (Å²) >= 11 is 0. The van der Waals surface area contributed by atoms with Gasteiger partial charge in [-0.3, -0.25) is 4.79 Å². The third kappa shape index (κ3) is 2.81. The van der Waals surface area contributed by atoms with E-state index in [2.05, 4.69) is 15.3 Å². The highest BCUT2D eigenvalue weighted by molar-refractivity contribution is 5.92. The molecule has 1 aliphatic heterocycles. The average molecular weight is 287 g/mol. The number of aromatic nitrogens is 2. The molecule has 5 atom stereocenters. The van der Waals surface area contributed by atoms with Crippen molar-refractivity contribution in [2.24, 2.45) is 0 Å². The second-order valence-corrected chi connectivity index (χ2v) is 4.60. The maximum Gasteiger partial charge on any atom is 0.202 e. The summed E-state index contributed by atoms with van der Waals surface area (Å²) in [5.41, 5.74) is 0.275. The quantitative estimate of drug-likeness (QED) is 0.343. The van der Waals surface area contributed by atoms with Crippen molar-refractivity contribution < 1.29 is 30.0 Å². The summed E-state index contributed by atoms with van der Waals surface area (Å²) < 4.78 is 5.24. The third-order valence-corrected chi connectivity index (χ3v) is 3.13. The van der Waals surface area contributed by atoms with Gasteiger partial charge in [0.15, 0.2) is 12.0 Å². The van der Waals surface area contributed by atoms with Gasteiger partial charge in [0.25, 0.3) is 0 Å². The summed E-state index contributed by atoms with van der Waals surface area (Å²) in [7, 11) is 0. The van der Waals surface area contributed by atoms with E-state index >= 15 is 0 Å². The Balaban J connectivity index is 2.08. The van der Waals surface area contributed by atoms with Gasteiger partial charge in [-0.15, -0.1) is 0 Å². The zero-order valence-electron chi connectivity index (χ0n) is 10.7. The lowest BCUT2D eigenvalue weighted by molar-refractivity contribution is -0.221. The first kappa shape index (κ1) is 14.9. The highest BCUT2D eigenvalue weighted by Gasteiger charge is 2.43. The monoisotopic (exact) mass is 287 g/mol. The van der Waals surface area contributed by atoms with Gasteiger partial charge in [-0.05, 0) is 0 Å². The second-order valence-electron chi connectivity index (χ2n) is 4.60. The summed E-state index contributed by atoms with van der Waals surface area (Å²) in [5.74, 6) is -0.0427. The molecule has 0 amide bonds. The van der Waals surface area contributed by atoms with Crippen molar-refractivity contribution >= 4 is 11.7 Å². The number of aliphatic hydroxyl groups is 4. The SMILES string of the molecule is CC(=O)c1cnc(NC2OC(CO)C(O)C(O)C2O)[nH]1. The van der Waals surface area contributed by atoms with E-state index in [1.807, 2.05) is 0 Å². The summed E-state index contributed by atoms with van der Waals surface area (Å²) in [5, 5.41) is 40.8. The molecule has 0 saturated carbocycles. The molecule has 0 spiro atoms. The van der Waals surface area contributed by atoms with Gasteiger partial charge >= 0.3 is 0 Å². The first-order valence-electron chi connectivity index (χ1n) is 6.07. The first-order valence-corrected chi connectivity index (χ1v) is 6.07. The van der Waals surface area contributed by atoms with Crippen molar-refractivity contribution in [3.63, 3.8) is 0 Å². The molecule has 1 aromatic heterocycles. The molecule has 1 aromatic rings. The molecule has 9 heteroatoms. The lowest BCUT2D eigenvalue weighted by Crippen LogP contribution is -2.60. The van der Waals surface area contributed by atoms with Gasteiger partial charge in [-0.25, -0.2) is 4.98 Å². The zero-order valence-corrected chi connectivity index (χ0v) is 10.7. The Bertz CT molecular complexity index is 476. The number of carbonyl (C=O) groups is 1. The molecule has 0 aliphatic carbocycles. The van der Waals surface area contributed by atoms with Gasteiger partial charge < -0.3 is 35.5 Å². The number of hydrogen-bond donors (Lipinski definition) is 6. The molecular formula is C11H17N3O6. The molecule has 112 valence electrons. The largest absolute Gasteiger partial charge is 0.394 e. The Morgan fingerprint density at radius 1 is 1.40 bits per heavy atom. The van der Waals surface area contributed by atoms with Crippen LogP contribution in [0.15, 0.2) is 6.20 Å². The van der Waals surface area contributed by atoms with Gasteiger partial charge in [0, 0.05) is 6.92 Å². The predicted octanol–water partition coefficient (Wildman–Crippen LogP) is -2.18. The van der Waals surface area contributed by atoms with E-state index in [9.17, 15) is 20.1 Å². The maximum atomic E-state index is 11.1. The minimum atomic E-state index is -1.47. The third-order valence-electron chi connectivity index (χ3n) is 3.13. The zero-order chi connectivity index (χ0) is 14.9. The van der Waals surface area contributed by atoms with E-state index < -0.39 is 37.3 Å². The minimum absolute atomic E-state index is 0.166. The first-order chi connectivity index (χ1) is 9.43. The van der Waals surface area contributed by atoms with Crippen LogP contribution in [0, 0.1) is 0 Å². The van der Waals surface area contributed by atoms with E-state index in [0.29, 0.717) is 0 Å².